The number of aldehydes is 1. The first-order chi connectivity index (χ1) is 13.2. The van der Waals surface area contributed by atoms with Crippen LogP contribution in [0.15, 0.2) is 29.3 Å². The van der Waals surface area contributed by atoms with Gasteiger partial charge in [0, 0.05) is 12.1 Å². The summed E-state index contributed by atoms with van der Waals surface area (Å²) in [7, 11) is 0. The van der Waals surface area contributed by atoms with Crippen LogP contribution in [0.2, 0.25) is 0 Å². The van der Waals surface area contributed by atoms with Gasteiger partial charge in [-0.15, -0.1) is 12.4 Å². The fourth-order valence-electron chi connectivity index (χ4n) is 2.80. The first-order valence-corrected chi connectivity index (χ1v) is 9.37. The molecule has 0 aliphatic carbocycles. The quantitative estimate of drug-likeness (QED) is 0.223. The van der Waals surface area contributed by atoms with Gasteiger partial charge in [-0.05, 0) is 44.2 Å². The van der Waals surface area contributed by atoms with E-state index in [-0.39, 0.29) is 30.7 Å². The molecule has 0 bridgehead atoms. The monoisotopic (exact) mass is 425 g/mol. The molecule has 0 aromatic heterocycles. The van der Waals surface area contributed by atoms with Crippen LogP contribution in [0, 0.1) is 12.8 Å². The Labute approximate surface area is 178 Å². The van der Waals surface area contributed by atoms with Crippen LogP contribution in [0.1, 0.15) is 49.0 Å². The number of imide groups is 1. The maximum absolute atomic E-state index is 13.1. The fraction of sp³-hybridized carbons (Fsp3) is 0.500. The predicted octanol–water partition coefficient (Wildman–Crippen LogP) is 1.38. The van der Waals surface area contributed by atoms with Crippen molar-refractivity contribution in [1.82, 2.24) is 4.90 Å². The molecular formula is C20H32ClN5O3. The van der Waals surface area contributed by atoms with Gasteiger partial charge >= 0.3 is 0 Å². The Hall–Kier alpha value is -2.45. The second-order valence-corrected chi connectivity index (χ2v) is 7.27. The number of nitrogens with zero attached hydrogens (tertiary/aromatic N) is 2. The number of rotatable bonds is 10. The minimum Gasteiger partial charge on any atom is -0.370 e. The van der Waals surface area contributed by atoms with Crippen molar-refractivity contribution in [2.75, 3.05) is 6.54 Å². The molecule has 0 aliphatic rings. The highest BCUT2D eigenvalue weighted by Gasteiger charge is 2.33. The second-order valence-electron chi connectivity index (χ2n) is 7.27. The van der Waals surface area contributed by atoms with Gasteiger partial charge in [0.25, 0.3) is 5.91 Å². The molecule has 0 saturated carbocycles. The lowest BCUT2D eigenvalue weighted by Crippen LogP contribution is -2.52. The van der Waals surface area contributed by atoms with Crippen LogP contribution in [-0.4, -0.2) is 47.6 Å². The number of benzene rings is 1. The van der Waals surface area contributed by atoms with E-state index in [1.807, 2.05) is 20.8 Å². The summed E-state index contributed by atoms with van der Waals surface area (Å²) in [6, 6.07) is 5.01. The van der Waals surface area contributed by atoms with Gasteiger partial charge in [-0.1, -0.05) is 31.5 Å². The van der Waals surface area contributed by atoms with Crippen LogP contribution in [-0.2, 0) is 9.59 Å². The summed E-state index contributed by atoms with van der Waals surface area (Å²) in [6.45, 7) is 6.07. The number of aliphatic imine (C=N–C) groups is 1. The van der Waals surface area contributed by atoms with E-state index in [0.717, 1.165) is 10.5 Å². The largest absolute Gasteiger partial charge is 0.370 e. The van der Waals surface area contributed by atoms with E-state index >= 15 is 0 Å². The smallest absolute Gasteiger partial charge is 0.261 e. The van der Waals surface area contributed by atoms with Crippen LogP contribution in [0.5, 0.6) is 0 Å². The number of amides is 2. The first kappa shape index (κ1) is 26.6. The summed E-state index contributed by atoms with van der Waals surface area (Å²) in [4.78, 5) is 42.6. The van der Waals surface area contributed by atoms with Crippen molar-refractivity contribution in [2.45, 2.75) is 52.1 Å². The highest BCUT2D eigenvalue weighted by atomic mass is 35.5. The van der Waals surface area contributed by atoms with Gasteiger partial charge < -0.3 is 22.0 Å². The Morgan fingerprint density at radius 1 is 1.17 bits per heavy atom. The molecule has 0 aliphatic heterocycles. The molecule has 8 nitrogen and oxygen atoms in total. The molecule has 2 amide bonds. The van der Waals surface area contributed by atoms with Gasteiger partial charge in [0.2, 0.25) is 5.91 Å². The molecule has 0 saturated heterocycles. The van der Waals surface area contributed by atoms with E-state index in [1.54, 1.807) is 24.3 Å². The number of guanidine groups is 1. The Morgan fingerprint density at radius 3 is 2.24 bits per heavy atom. The van der Waals surface area contributed by atoms with E-state index in [9.17, 15) is 14.4 Å². The minimum atomic E-state index is -0.936. The molecule has 9 heteroatoms. The molecule has 1 aromatic rings. The van der Waals surface area contributed by atoms with Crippen molar-refractivity contribution in [3.05, 3.63) is 35.4 Å². The van der Waals surface area contributed by atoms with Gasteiger partial charge in [-0.25, -0.2) is 0 Å². The van der Waals surface area contributed by atoms with Crippen LogP contribution in [0.3, 0.4) is 0 Å². The van der Waals surface area contributed by atoms with Crippen molar-refractivity contribution >= 4 is 36.5 Å². The average Bonchev–Trinajstić information content (AvgIpc) is 2.63. The molecule has 0 spiro atoms. The highest BCUT2D eigenvalue weighted by Crippen LogP contribution is 2.16. The van der Waals surface area contributed by atoms with E-state index < -0.39 is 23.9 Å². The molecule has 1 aromatic carbocycles. The Morgan fingerprint density at radius 2 is 1.76 bits per heavy atom. The van der Waals surface area contributed by atoms with Crippen molar-refractivity contribution in [3.8, 4) is 0 Å². The lowest BCUT2D eigenvalue weighted by Gasteiger charge is -2.29. The maximum atomic E-state index is 13.1. The van der Waals surface area contributed by atoms with E-state index in [2.05, 4.69) is 4.99 Å². The highest BCUT2D eigenvalue weighted by molar-refractivity contribution is 6.07. The van der Waals surface area contributed by atoms with Crippen molar-refractivity contribution in [3.63, 3.8) is 0 Å². The van der Waals surface area contributed by atoms with Gasteiger partial charge in [-0.3, -0.25) is 19.5 Å². The average molecular weight is 426 g/mol. The Kier molecular flexibility index (Phi) is 11.8. The van der Waals surface area contributed by atoms with Crippen LogP contribution in [0.4, 0.5) is 0 Å². The Balaban J connectivity index is 0.00000784. The summed E-state index contributed by atoms with van der Waals surface area (Å²) >= 11 is 0. The zero-order chi connectivity index (χ0) is 21.3. The first-order valence-electron chi connectivity index (χ1n) is 9.37. The zero-order valence-corrected chi connectivity index (χ0v) is 18.0. The van der Waals surface area contributed by atoms with Gasteiger partial charge in [0.15, 0.2) is 5.96 Å². The predicted molar refractivity (Wildman–Crippen MR) is 117 cm³/mol. The van der Waals surface area contributed by atoms with Crippen LogP contribution >= 0.6 is 12.4 Å². The summed E-state index contributed by atoms with van der Waals surface area (Å²) in [6.07, 6.45) is 1.70. The summed E-state index contributed by atoms with van der Waals surface area (Å²) in [5.74, 6) is -0.974. The minimum absolute atomic E-state index is 0. The number of nitrogens with two attached hydrogens (primary N) is 3. The van der Waals surface area contributed by atoms with Crippen LogP contribution < -0.4 is 17.2 Å². The number of hydrogen-bond acceptors (Lipinski definition) is 5. The molecule has 0 fully saturated rings. The van der Waals surface area contributed by atoms with Crippen molar-refractivity contribution < 1.29 is 14.4 Å². The van der Waals surface area contributed by atoms with Crippen LogP contribution in [0.25, 0.3) is 0 Å². The number of carbonyl (C=O) groups excluding carboxylic acids is 3. The number of halogens is 1. The summed E-state index contributed by atoms with van der Waals surface area (Å²) in [5, 5.41) is 0. The number of aryl methyl sites for hydroxylation is 1. The second kappa shape index (κ2) is 12.9. The summed E-state index contributed by atoms with van der Waals surface area (Å²) in [5.41, 5.74) is 17.9. The van der Waals surface area contributed by atoms with E-state index in [1.165, 1.54) is 0 Å². The SMILES string of the molecule is Cc1ccc(C(=O)N(C(=O)[C@@H](N)CC(C)C)[C@H](C=O)CCCN=C(N)N)cc1.Cl. The molecule has 0 heterocycles. The topological polar surface area (TPSA) is 145 Å². The Bertz CT molecular complexity index is 703. The maximum Gasteiger partial charge on any atom is 0.261 e. The lowest BCUT2D eigenvalue weighted by molar-refractivity contribution is -0.135. The molecule has 0 radical (unpaired) electrons. The number of hydrogen-bond donors (Lipinski definition) is 3. The van der Waals surface area contributed by atoms with Gasteiger partial charge in [0.1, 0.15) is 6.29 Å². The van der Waals surface area contributed by atoms with Gasteiger partial charge in [-0.2, -0.15) is 0 Å². The van der Waals surface area contributed by atoms with E-state index in [0.29, 0.717) is 31.2 Å². The third-order valence-corrected chi connectivity index (χ3v) is 4.24. The third-order valence-electron chi connectivity index (χ3n) is 4.24. The fourth-order valence-corrected chi connectivity index (χ4v) is 2.80. The van der Waals surface area contributed by atoms with Crippen molar-refractivity contribution in [1.29, 1.82) is 0 Å². The standard InChI is InChI=1S/C20H31N5O3.ClH/c1-13(2)11-17(21)19(28)25(16(12-26)5-4-10-24-20(22)23)18(27)15-8-6-14(3)7-9-15;/h6-9,12-13,16-17H,4-5,10-11,21H2,1-3H3,(H4,22,23,24);1H/t16-,17-;/m0./s1. The molecule has 6 N–H and O–H groups in total. The molecule has 162 valence electrons. The molecular weight excluding hydrogens is 394 g/mol. The summed E-state index contributed by atoms with van der Waals surface area (Å²) < 4.78 is 0. The normalized spacial score (nSPS) is 12.4. The molecule has 2 atom stereocenters. The molecule has 1 rings (SSSR count). The van der Waals surface area contributed by atoms with E-state index in [4.69, 9.17) is 17.2 Å². The molecule has 29 heavy (non-hydrogen) atoms. The van der Waals surface area contributed by atoms with Crippen molar-refractivity contribution in [2.24, 2.45) is 28.1 Å². The third kappa shape index (κ3) is 8.62. The zero-order valence-electron chi connectivity index (χ0n) is 17.2. The lowest BCUT2D eigenvalue weighted by atomic mass is 10.0. The van der Waals surface area contributed by atoms with Gasteiger partial charge in [0.05, 0.1) is 12.1 Å². The molecule has 0 unspecified atom stereocenters. The number of carbonyl (C=O) groups is 3.